The third-order valence-corrected chi connectivity index (χ3v) is 6.84. The molecular formula is C26H31N5O5. The number of hydrogen-bond acceptors (Lipinski definition) is 5. The Morgan fingerprint density at radius 3 is 2.47 bits per heavy atom. The summed E-state index contributed by atoms with van der Waals surface area (Å²) in [5.41, 5.74) is 1.94. The number of piperidine rings is 1. The molecule has 0 saturated carbocycles. The molecule has 10 heteroatoms. The van der Waals surface area contributed by atoms with E-state index in [1.165, 1.54) is 10.6 Å². The first-order valence-electron chi connectivity index (χ1n) is 12.2. The van der Waals surface area contributed by atoms with Crippen LogP contribution >= 0.6 is 0 Å². The Hall–Kier alpha value is -3.95. The molecule has 1 aromatic heterocycles. The summed E-state index contributed by atoms with van der Waals surface area (Å²) >= 11 is 0. The number of pyridine rings is 1. The zero-order chi connectivity index (χ0) is 25.8. The maximum absolute atomic E-state index is 12.7. The van der Waals surface area contributed by atoms with Crippen LogP contribution in [0.5, 0.6) is 0 Å². The topological polar surface area (TPSA) is 121 Å². The van der Waals surface area contributed by atoms with Gasteiger partial charge in [0.1, 0.15) is 5.56 Å². The first-order valence-corrected chi connectivity index (χ1v) is 12.2. The second-order valence-electron chi connectivity index (χ2n) is 9.39. The van der Waals surface area contributed by atoms with Crippen molar-refractivity contribution in [1.29, 1.82) is 0 Å². The number of hydrogen-bond donors (Lipinski definition) is 2. The molecule has 190 valence electrons. The molecule has 0 radical (unpaired) electrons. The van der Waals surface area contributed by atoms with Crippen molar-refractivity contribution in [2.75, 3.05) is 36.4 Å². The van der Waals surface area contributed by atoms with Gasteiger partial charge in [-0.25, -0.2) is 0 Å². The van der Waals surface area contributed by atoms with E-state index in [0.717, 1.165) is 17.7 Å². The first kappa shape index (κ1) is 25.2. The smallest absolute Gasteiger partial charge is 0.313 e. The van der Waals surface area contributed by atoms with Gasteiger partial charge in [0.2, 0.25) is 5.91 Å². The lowest BCUT2D eigenvalue weighted by Gasteiger charge is -2.32. The van der Waals surface area contributed by atoms with Gasteiger partial charge >= 0.3 is 11.8 Å². The summed E-state index contributed by atoms with van der Waals surface area (Å²) in [5.74, 6) is -1.62. The number of rotatable bonds is 5. The molecule has 36 heavy (non-hydrogen) atoms. The summed E-state index contributed by atoms with van der Waals surface area (Å²) in [4.78, 5) is 65.2. The molecule has 2 aliphatic heterocycles. The van der Waals surface area contributed by atoms with Crippen LogP contribution in [0.4, 0.5) is 11.4 Å². The Morgan fingerprint density at radius 2 is 1.78 bits per heavy atom. The Kier molecular flexibility index (Phi) is 7.52. The van der Waals surface area contributed by atoms with Crippen molar-refractivity contribution in [2.24, 2.45) is 13.0 Å². The highest BCUT2D eigenvalue weighted by atomic mass is 16.2. The maximum Gasteiger partial charge on any atom is 0.313 e. The van der Waals surface area contributed by atoms with E-state index in [4.69, 9.17) is 0 Å². The van der Waals surface area contributed by atoms with Crippen molar-refractivity contribution in [3.8, 4) is 0 Å². The van der Waals surface area contributed by atoms with Gasteiger partial charge in [-0.1, -0.05) is 6.07 Å². The number of amides is 4. The monoisotopic (exact) mass is 493 g/mol. The van der Waals surface area contributed by atoms with E-state index in [0.29, 0.717) is 51.1 Å². The number of carbonyl (C=O) groups excluding carboxylic acids is 4. The van der Waals surface area contributed by atoms with E-state index < -0.39 is 11.8 Å². The number of nitrogens with one attached hydrogen (secondary N) is 2. The molecule has 0 unspecified atom stereocenters. The normalized spacial score (nSPS) is 16.2. The minimum atomic E-state index is -0.773. The number of anilines is 2. The molecule has 3 heterocycles. The third kappa shape index (κ3) is 5.48. The van der Waals surface area contributed by atoms with E-state index in [1.54, 1.807) is 41.2 Å². The zero-order valence-corrected chi connectivity index (χ0v) is 20.6. The Bertz CT molecular complexity index is 1250. The quantitative estimate of drug-likeness (QED) is 0.611. The fourth-order valence-corrected chi connectivity index (χ4v) is 4.66. The second kappa shape index (κ2) is 10.8. The summed E-state index contributed by atoms with van der Waals surface area (Å²) in [6.07, 6.45) is 4.24. The molecule has 2 aliphatic rings. The number of aromatic nitrogens is 1. The van der Waals surface area contributed by atoms with E-state index >= 15 is 0 Å². The predicted molar refractivity (Wildman–Crippen MR) is 135 cm³/mol. The van der Waals surface area contributed by atoms with Crippen LogP contribution < -0.4 is 21.1 Å². The molecule has 2 fully saturated rings. The van der Waals surface area contributed by atoms with E-state index in [-0.39, 0.29) is 28.9 Å². The lowest BCUT2D eigenvalue weighted by atomic mass is 9.96. The molecule has 4 amide bonds. The minimum Gasteiger partial charge on any atom is -0.348 e. The number of carbonyl (C=O) groups is 4. The van der Waals surface area contributed by atoms with Gasteiger partial charge in [-0.3, -0.25) is 24.0 Å². The van der Waals surface area contributed by atoms with Gasteiger partial charge in [-0.05, 0) is 61.9 Å². The van der Waals surface area contributed by atoms with Crippen molar-refractivity contribution in [3.63, 3.8) is 0 Å². The lowest BCUT2D eigenvalue weighted by molar-refractivity contribution is -0.136. The Balaban J connectivity index is 1.26. The summed E-state index contributed by atoms with van der Waals surface area (Å²) < 4.78 is 1.38. The highest BCUT2D eigenvalue weighted by Crippen LogP contribution is 2.28. The van der Waals surface area contributed by atoms with Gasteiger partial charge in [-0.2, -0.15) is 0 Å². The molecule has 10 nitrogen and oxygen atoms in total. The fourth-order valence-electron chi connectivity index (χ4n) is 4.66. The van der Waals surface area contributed by atoms with Gasteiger partial charge in [0.05, 0.1) is 0 Å². The molecule has 0 atom stereocenters. The van der Waals surface area contributed by atoms with Crippen molar-refractivity contribution < 1.29 is 19.2 Å². The molecule has 0 bridgehead atoms. The molecule has 2 saturated heterocycles. The summed E-state index contributed by atoms with van der Waals surface area (Å²) in [6.45, 7) is 3.82. The van der Waals surface area contributed by atoms with E-state index in [9.17, 15) is 24.0 Å². The van der Waals surface area contributed by atoms with Gasteiger partial charge in [0, 0.05) is 57.2 Å². The fraction of sp³-hybridized carbons (Fsp3) is 0.423. The largest absolute Gasteiger partial charge is 0.348 e. The number of nitrogens with zero attached hydrogens (tertiary/aromatic N) is 3. The van der Waals surface area contributed by atoms with Crippen LogP contribution in [0.1, 0.15) is 41.6 Å². The highest BCUT2D eigenvalue weighted by molar-refractivity contribution is 6.39. The van der Waals surface area contributed by atoms with Crippen LogP contribution in [0.15, 0.2) is 41.3 Å². The molecule has 2 aromatic rings. The van der Waals surface area contributed by atoms with Gasteiger partial charge in [0.15, 0.2) is 0 Å². The van der Waals surface area contributed by atoms with Crippen molar-refractivity contribution >= 4 is 35.0 Å². The van der Waals surface area contributed by atoms with Crippen LogP contribution in [0.25, 0.3) is 0 Å². The standard InChI is InChI=1S/C26H31N5O5/c1-17-7-8-19(15-21(17)31-12-4-6-22(31)32)28-24(34)23(33)27-16-18-9-13-30(14-10-18)26(36)20-5-3-11-29(2)25(20)35/h3,5,7-8,11,15,18H,4,6,9-10,12-14,16H2,1-2H3,(H,27,33)(H,28,34). The Labute approximate surface area is 209 Å². The highest BCUT2D eigenvalue weighted by Gasteiger charge is 2.27. The van der Waals surface area contributed by atoms with Gasteiger partial charge in [-0.15, -0.1) is 0 Å². The SMILES string of the molecule is Cc1ccc(NC(=O)C(=O)NCC2CCN(C(=O)c3cccn(C)c3=O)CC2)cc1N1CCCC1=O. The predicted octanol–water partition coefficient (Wildman–Crippen LogP) is 1.43. The zero-order valence-electron chi connectivity index (χ0n) is 20.6. The average Bonchev–Trinajstić information content (AvgIpc) is 3.30. The van der Waals surface area contributed by atoms with Gasteiger partial charge in [0.25, 0.3) is 11.5 Å². The summed E-state index contributed by atoms with van der Waals surface area (Å²) in [5, 5.41) is 5.29. The number of likely N-dealkylation sites (tertiary alicyclic amines) is 1. The molecule has 0 aliphatic carbocycles. The van der Waals surface area contributed by atoms with Crippen molar-refractivity contribution in [3.05, 3.63) is 58.0 Å². The molecule has 0 spiro atoms. The maximum atomic E-state index is 12.7. The first-order chi connectivity index (χ1) is 17.2. The summed E-state index contributed by atoms with van der Waals surface area (Å²) in [6, 6.07) is 8.45. The van der Waals surface area contributed by atoms with Crippen molar-refractivity contribution in [2.45, 2.75) is 32.6 Å². The number of benzene rings is 1. The molecule has 1 aromatic carbocycles. The van der Waals surface area contributed by atoms with E-state index in [2.05, 4.69) is 10.6 Å². The molecule has 4 rings (SSSR count). The van der Waals surface area contributed by atoms with Crippen LogP contribution in [-0.2, 0) is 21.4 Å². The van der Waals surface area contributed by atoms with Crippen LogP contribution in [-0.4, -0.2) is 59.3 Å². The van der Waals surface area contributed by atoms with Crippen LogP contribution in [0, 0.1) is 12.8 Å². The Morgan fingerprint density at radius 1 is 1.03 bits per heavy atom. The van der Waals surface area contributed by atoms with Gasteiger partial charge < -0.3 is 25.0 Å². The second-order valence-corrected chi connectivity index (χ2v) is 9.39. The number of aryl methyl sites for hydroxylation is 2. The molecular weight excluding hydrogens is 462 g/mol. The average molecular weight is 494 g/mol. The van der Waals surface area contributed by atoms with E-state index in [1.807, 2.05) is 13.0 Å². The van der Waals surface area contributed by atoms with Crippen molar-refractivity contribution in [1.82, 2.24) is 14.8 Å². The molecule has 2 N–H and O–H groups in total. The summed E-state index contributed by atoms with van der Waals surface area (Å²) in [7, 11) is 1.61. The lowest BCUT2D eigenvalue weighted by Crippen LogP contribution is -2.44. The van der Waals surface area contributed by atoms with Crippen LogP contribution in [0.3, 0.4) is 0 Å². The minimum absolute atomic E-state index is 0.0540. The van der Waals surface area contributed by atoms with Crippen LogP contribution in [0.2, 0.25) is 0 Å². The third-order valence-electron chi connectivity index (χ3n) is 6.84.